The number of fused-ring (bicyclic) bond motifs is 1. The van der Waals surface area contributed by atoms with Gasteiger partial charge in [-0.1, -0.05) is 18.2 Å². The normalized spacial score (nSPS) is 15.9. The predicted molar refractivity (Wildman–Crippen MR) is 104 cm³/mol. The van der Waals surface area contributed by atoms with Gasteiger partial charge in [0.05, 0.1) is 19.2 Å². The Morgan fingerprint density at radius 2 is 2.20 bits per heavy atom. The largest absolute Gasteiger partial charge is 0.469 e. The molecular weight excluding hydrogens is 429 g/mol. The van der Waals surface area contributed by atoms with Gasteiger partial charge in [-0.2, -0.15) is 0 Å². The van der Waals surface area contributed by atoms with Gasteiger partial charge < -0.3 is 4.74 Å². The number of rotatable bonds is 5. The minimum Gasteiger partial charge on any atom is -0.469 e. The summed E-state index contributed by atoms with van der Waals surface area (Å²) in [6.07, 6.45) is 10.1. The van der Waals surface area contributed by atoms with Gasteiger partial charge in [0.1, 0.15) is 5.82 Å². The van der Waals surface area contributed by atoms with Crippen molar-refractivity contribution >= 4 is 34.6 Å². The summed E-state index contributed by atoms with van der Waals surface area (Å²) < 4.78 is 7.68. The summed E-state index contributed by atoms with van der Waals surface area (Å²) in [6.45, 7) is 0. The van der Waals surface area contributed by atoms with E-state index in [1.807, 2.05) is 0 Å². The van der Waals surface area contributed by atoms with E-state index in [2.05, 4.69) is 61.6 Å². The zero-order chi connectivity index (χ0) is 17.4. The Balaban J connectivity index is 1.76. The zero-order valence-corrected chi connectivity index (χ0v) is 16.3. The van der Waals surface area contributed by atoms with Gasteiger partial charge in [-0.05, 0) is 54.4 Å². The van der Waals surface area contributed by atoms with Crippen LogP contribution in [0.2, 0.25) is 0 Å². The summed E-state index contributed by atoms with van der Waals surface area (Å²) in [6, 6.07) is 4.47. The lowest BCUT2D eigenvalue weighted by Gasteiger charge is -2.21. The number of ether oxygens (including phenoxy) is 1. The Morgan fingerprint density at radius 1 is 1.36 bits per heavy atom. The number of aryl methyl sites for hydroxylation is 1. The molecule has 1 aromatic heterocycles. The first-order chi connectivity index (χ1) is 12.2. The number of hydrogen-bond acceptors (Lipinski definition) is 4. The lowest BCUT2D eigenvalue weighted by Crippen LogP contribution is -2.12. The second-order valence-corrected chi connectivity index (χ2v) is 7.54. The number of hydrogen-bond donors (Lipinski definition) is 0. The van der Waals surface area contributed by atoms with Crippen molar-refractivity contribution in [2.24, 2.45) is 0 Å². The SMILES string of the molecule is COC(=O)CCc1nnc(I)n1-c1ccc(C2CC2)c2c1CCC=C2. The molecule has 5 nitrogen and oxygen atoms in total. The van der Waals surface area contributed by atoms with E-state index < -0.39 is 0 Å². The highest BCUT2D eigenvalue weighted by Crippen LogP contribution is 2.44. The smallest absolute Gasteiger partial charge is 0.305 e. The highest BCUT2D eigenvalue weighted by molar-refractivity contribution is 14.1. The Bertz CT molecular complexity index is 853. The molecule has 0 spiro atoms. The van der Waals surface area contributed by atoms with Crippen molar-refractivity contribution in [1.29, 1.82) is 0 Å². The third-order valence-corrected chi connectivity index (χ3v) is 5.64. The second-order valence-electron chi connectivity index (χ2n) is 6.58. The van der Waals surface area contributed by atoms with Gasteiger partial charge in [0.2, 0.25) is 0 Å². The van der Waals surface area contributed by atoms with Crippen LogP contribution in [0.3, 0.4) is 0 Å². The molecule has 0 saturated heterocycles. The number of benzene rings is 1. The quantitative estimate of drug-likeness (QED) is 0.515. The number of aromatic nitrogens is 3. The molecule has 2 aliphatic rings. The van der Waals surface area contributed by atoms with Gasteiger partial charge in [-0.15, -0.1) is 10.2 Å². The van der Waals surface area contributed by atoms with Gasteiger partial charge in [-0.3, -0.25) is 9.36 Å². The van der Waals surface area contributed by atoms with Crippen LogP contribution < -0.4 is 0 Å². The van der Waals surface area contributed by atoms with Crippen molar-refractivity contribution in [3.8, 4) is 5.69 Å². The molecule has 1 saturated carbocycles. The number of carbonyl (C=O) groups excluding carboxylic acids is 1. The molecule has 0 N–H and O–H groups in total. The molecule has 130 valence electrons. The molecule has 6 heteroatoms. The highest BCUT2D eigenvalue weighted by Gasteiger charge is 2.28. The van der Waals surface area contributed by atoms with E-state index >= 15 is 0 Å². The van der Waals surface area contributed by atoms with E-state index in [0.29, 0.717) is 12.8 Å². The molecule has 25 heavy (non-hydrogen) atoms. The summed E-state index contributed by atoms with van der Waals surface area (Å²) >= 11 is 2.22. The van der Waals surface area contributed by atoms with Crippen molar-refractivity contribution in [3.63, 3.8) is 0 Å². The van der Waals surface area contributed by atoms with Crippen LogP contribution in [-0.2, 0) is 22.4 Å². The molecule has 2 aromatic rings. The first-order valence-electron chi connectivity index (χ1n) is 8.68. The molecule has 0 atom stereocenters. The molecular formula is C19H20IN3O2. The van der Waals surface area contributed by atoms with Crippen molar-refractivity contribution in [2.45, 2.75) is 44.4 Å². The molecule has 0 unspecified atom stereocenters. The second kappa shape index (κ2) is 6.90. The third-order valence-electron chi connectivity index (χ3n) is 4.94. The third kappa shape index (κ3) is 3.23. The number of nitrogens with zero attached hydrogens (tertiary/aromatic N) is 3. The average Bonchev–Trinajstić information content (AvgIpc) is 3.42. The summed E-state index contributed by atoms with van der Waals surface area (Å²) in [4.78, 5) is 11.5. The molecule has 1 fully saturated rings. The maximum Gasteiger partial charge on any atom is 0.305 e. The topological polar surface area (TPSA) is 57.0 Å². The number of halogens is 1. The number of allylic oxidation sites excluding steroid dienone is 1. The van der Waals surface area contributed by atoms with E-state index in [9.17, 15) is 4.79 Å². The lowest BCUT2D eigenvalue weighted by atomic mass is 9.89. The summed E-state index contributed by atoms with van der Waals surface area (Å²) in [5, 5.41) is 8.54. The molecule has 0 radical (unpaired) electrons. The van der Waals surface area contributed by atoms with Gasteiger partial charge >= 0.3 is 5.97 Å². The van der Waals surface area contributed by atoms with E-state index in [1.54, 1.807) is 0 Å². The van der Waals surface area contributed by atoms with E-state index in [4.69, 9.17) is 4.74 Å². The van der Waals surface area contributed by atoms with Crippen LogP contribution in [0.4, 0.5) is 0 Å². The summed E-state index contributed by atoms with van der Waals surface area (Å²) in [5.41, 5.74) is 5.39. The van der Waals surface area contributed by atoms with Crippen molar-refractivity contribution in [1.82, 2.24) is 14.8 Å². The monoisotopic (exact) mass is 449 g/mol. The molecule has 1 aromatic carbocycles. The highest BCUT2D eigenvalue weighted by atomic mass is 127. The number of methoxy groups -OCH3 is 1. The molecule has 0 amide bonds. The number of esters is 1. The maximum absolute atomic E-state index is 11.5. The standard InChI is InChI=1S/C19H20IN3O2/c1-25-18(24)11-10-17-21-22-19(20)23(17)16-9-8-13(12-6-7-12)14-4-2-3-5-15(14)16/h2,4,8-9,12H,3,5-7,10-11H2,1H3. The van der Waals surface area contributed by atoms with Crippen LogP contribution in [0.1, 0.15) is 54.1 Å². The lowest BCUT2D eigenvalue weighted by molar-refractivity contribution is -0.140. The molecule has 1 heterocycles. The van der Waals surface area contributed by atoms with Crippen molar-refractivity contribution in [3.05, 3.63) is 44.6 Å². The predicted octanol–water partition coefficient (Wildman–Crippen LogP) is 3.81. The van der Waals surface area contributed by atoms with Gasteiger partial charge in [0.15, 0.2) is 3.83 Å². The Kier molecular flexibility index (Phi) is 4.62. The Labute approximate surface area is 160 Å². The van der Waals surface area contributed by atoms with E-state index in [0.717, 1.165) is 34.1 Å². The Morgan fingerprint density at radius 3 is 2.96 bits per heavy atom. The van der Waals surface area contributed by atoms with Crippen LogP contribution in [0.5, 0.6) is 0 Å². The minimum absolute atomic E-state index is 0.224. The van der Waals surface area contributed by atoms with Crippen molar-refractivity contribution in [2.75, 3.05) is 7.11 Å². The number of carbonyl (C=O) groups is 1. The van der Waals surface area contributed by atoms with Crippen LogP contribution >= 0.6 is 22.6 Å². The minimum atomic E-state index is -0.224. The fraction of sp³-hybridized carbons (Fsp3) is 0.421. The fourth-order valence-electron chi connectivity index (χ4n) is 3.53. The van der Waals surface area contributed by atoms with Crippen LogP contribution in [0, 0.1) is 3.83 Å². The molecule has 0 bridgehead atoms. The molecule has 2 aliphatic carbocycles. The molecule has 4 rings (SSSR count). The first-order valence-corrected chi connectivity index (χ1v) is 9.76. The average molecular weight is 449 g/mol. The van der Waals surface area contributed by atoms with Crippen LogP contribution in [0.15, 0.2) is 18.2 Å². The molecule has 0 aliphatic heterocycles. The first kappa shape index (κ1) is 16.8. The fourth-order valence-corrected chi connectivity index (χ4v) is 4.18. The van der Waals surface area contributed by atoms with Crippen molar-refractivity contribution < 1.29 is 9.53 Å². The van der Waals surface area contributed by atoms with Gasteiger partial charge in [0.25, 0.3) is 0 Å². The van der Waals surface area contributed by atoms with Gasteiger partial charge in [0, 0.05) is 29.0 Å². The Hall–Kier alpha value is -1.70. The van der Waals surface area contributed by atoms with E-state index in [-0.39, 0.29) is 5.97 Å². The summed E-state index contributed by atoms with van der Waals surface area (Å²) in [7, 11) is 1.41. The maximum atomic E-state index is 11.5. The van der Waals surface area contributed by atoms with Crippen LogP contribution in [-0.4, -0.2) is 27.8 Å². The van der Waals surface area contributed by atoms with E-state index in [1.165, 1.54) is 36.6 Å². The zero-order valence-electron chi connectivity index (χ0n) is 14.2. The summed E-state index contributed by atoms with van der Waals surface area (Å²) in [5.74, 6) is 1.31. The van der Waals surface area contributed by atoms with Crippen LogP contribution in [0.25, 0.3) is 11.8 Å². The van der Waals surface area contributed by atoms with Gasteiger partial charge in [-0.25, -0.2) is 0 Å².